The van der Waals surface area contributed by atoms with Gasteiger partial charge in [0.1, 0.15) is 6.10 Å². The number of nitrogens with zero attached hydrogens (tertiary/aromatic N) is 2. The third kappa shape index (κ3) is 2.93. The topological polar surface area (TPSA) is 78.3 Å². The molecule has 0 spiro atoms. The molecule has 1 atom stereocenters. The first kappa shape index (κ1) is 16.9. The molecule has 134 valence electrons. The number of benzene rings is 1. The summed E-state index contributed by atoms with van der Waals surface area (Å²) >= 11 is 0. The van der Waals surface area contributed by atoms with E-state index in [2.05, 4.69) is 0 Å². The SMILES string of the molecule is CCC(OS(C)(=O)=O)c1cc2n(c(=O)c1)Cc1cc3ccccc3nc1-2. The van der Waals surface area contributed by atoms with Crippen LogP contribution < -0.4 is 5.56 Å². The molecule has 1 aliphatic rings. The van der Waals surface area contributed by atoms with Crippen LogP contribution in [0.1, 0.15) is 30.6 Å². The monoisotopic (exact) mass is 370 g/mol. The third-order valence-corrected chi connectivity index (χ3v) is 5.14. The molecular formula is C19H18N2O4S. The summed E-state index contributed by atoms with van der Waals surface area (Å²) in [6.07, 6.45) is 0.764. The van der Waals surface area contributed by atoms with E-state index in [1.165, 1.54) is 6.07 Å². The maximum Gasteiger partial charge on any atom is 0.264 e. The Morgan fingerprint density at radius 2 is 2.00 bits per heavy atom. The lowest BCUT2D eigenvalue weighted by Crippen LogP contribution is -2.20. The van der Waals surface area contributed by atoms with Gasteiger partial charge < -0.3 is 4.57 Å². The summed E-state index contributed by atoms with van der Waals surface area (Å²) in [7, 11) is -3.62. The highest BCUT2D eigenvalue weighted by molar-refractivity contribution is 7.86. The molecule has 26 heavy (non-hydrogen) atoms. The molecule has 7 heteroatoms. The van der Waals surface area contributed by atoms with E-state index in [0.717, 1.165) is 28.4 Å². The minimum absolute atomic E-state index is 0.185. The van der Waals surface area contributed by atoms with Gasteiger partial charge in [-0.3, -0.25) is 8.98 Å². The fraction of sp³-hybridized carbons (Fsp3) is 0.263. The Morgan fingerprint density at radius 3 is 2.73 bits per heavy atom. The summed E-state index contributed by atoms with van der Waals surface area (Å²) in [4.78, 5) is 17.3. The van der Waals surface area contributed by atoms with E-state index in [4.69, 9.17) is 9.17 Å². The van der Waals surface area contributed by atoms with Crippen LogP contribution in [0.4, 0.5) is 0 Å². The van der Waals surface area contributed by atoms with Crippen molar-refractivity contribution in [3.05, 3.63) is 63.9 Å². The van der Waals surface area contributed by atoms with Crippen molar-refractivity contribution in [1.29, 1.82) is 0 Å². The smallest absolute Gasteiger partial charge is 0.264 e. The van der Waals surface area contributed by atoms with Gasteiger partial charge in [0, 0.05) is 17.0 Å². The minimum atomic E-state index is -3.62. The van der Waals surface area contributed by atoms with E-state index in [1.54, 1.807) is 4.57 Å². The van der Waals surface area contributed by atoms with Gasteiger partial charge in [0.05, 0.1) is 29.7 Å². The van der Waals surface area contributed by atoms with Crippen molar-refractivity contribution >= 4 is 21.0 Å². The molecule has 1 unspecified atom stereocenters. The minimum Gasteiger partial charge on any atom is -0.302 e. The molecule has 0 saturated heterocycles. The highest BCUT2D eigenvalue weighted by Gasteiger charge is 2.25. The van der Waals surface area contributed by atoms with Crippen LogP contribution in [0.25, 0.3) is 22.3 Å². The number of hydrogen-bond donors (Lipinski definition) is 0. The Balaban J connectivity index is 1.87. The number of para-hydroxylation sites is 1. The maximum absolute atomic E-state index is 12.6. The Hall–Kier alpha value is -2.51. The van der Waals surface area contributed by atoms with Gasteiger partial charge >= 0.3 is 0 Å². The standard InChI is InChI=1S/C19H18N2O4S/c1-3-17(25-26(2,23)24)13-9-16-19-14(11-21(16)18(22)10-13)8-12-6-4-5-7-15(12)20-19/h4-10,17H,3,11H2,1-2H3. The molecule has 0 aliphatic carbocycles. The van der Waals surface area contributed by atoms with Crippen molar-refractivity contribution in [2.75, 3.05) is 6.26 Å². The summed E-state index contributed by atoms with van der Waals surface area (Å²) in [5.41, 5.74) is 3.67. The molecule has 1 aliphatic heterocycles. The normalized spacial score (nSPS) is 14.2. The summed E-state index contributed by atoms with van der Waals surface area (Å²) in [6, 6.07) is 13.1. The molecule has 0 N–H and O–H groups in total. The average molecular weight is 370 g/mol. The zero-order chi connectivity index (χ0) is 18.5. The number of aromatic nitrogens is 2. The third-order valence-electron chi connectivity index (χ3n) is 4.56. The molecule has 2 aromatic heterocycles. The van der Waals surface area contributed by atoms with Crippen LogP contribution in [0.5, 0.6) is 0 Å². The van der Waals surface area contributed by atoms with Crippen molar-refractivity contribution in [2.24, 2.45) is 0 Å². The fourth-order valence-corrected chi connectivity index (χ4v) is 4.07. The summed E-state index contributed by atoms with van der Waals surface area (Å²) < 4.78 is 29.8. The highest BCUT2D eigenvalue weighted by atomic mass is 32.2. The molecule has 0 amide bonds. The van der Waals surface area contributed by atoms with Gasteiger partial charge in [-0.25, -0.2) is 4.98 Å². The number of pyridine rings is 2. The summed E-state index contributed by atoms with van der Waals surface area (Å²) in [5.74, 6) is 0. The van der Waals surface area contributed by atoms with Crippen LogP contribution in [-0.4, -0.2) is 24.2 Å². The Kier molecular flexibility index (Phi) is 3.93. The van der Waals surface area contributed by atoms with Crippen LogP contribution in [0.2, 0.25) is 0 Å². The van der Waals surface area contributed by atoms with Crippen LogP contribution in [0.15, 0.2) is 47.3 Å². The first-order chi connectivity index (χ1) is 12.4. The fourth-order valence-electron chi connectivity index (χ4n) is 3.40. The van der Waals surface area contributed by atoms with Crippen molar-refractivity contribution in [2.45, 2.75) is 26.0 Å². The predicted octanol–water partition coefficient (Wildman–Crippen LogP) is 2.85. The largest absolute Gasteiger partial charge is 0.302 e. The number of hydrogen-bond acceptors (Lipinski definition) is 5. The van der Waals surface area contributed by atoms with Gasteiger partial charge in [-0.2, -0.15) is 8.42 Å². The Morgan fingerprint density at radius 1 is 1.23 bits per heavy atom. The number of rotatable bonds is 4. The zero-order valence-corrected chi connectivity index (χ0v) is 15.3. The molecule has 6 nitrogen and oxygen atoms in total. The molecule has 0 radical (unpaired) electrons. The van der Waals surface area contributed by atoms with E-state index in [0.29, 0.717) is 24.2 Å². The van der Waals surface area contributed by atoms with Gasteiger partial charge in [-0.15, -0.1) is 0 Å². The molecule has 0 saturated carbocycles. The second-order valence-electron chi connectivity index (χ2n) is 6.48. The van der Waals surface area contributed by atoms with Gasteiger partial charge in [-0.05, 0) is 30.2 Å². The second kappa shape index (κ2) is 6.03. The van der Waals surface area contributed by atoms with E-state index in [9.17, 15) is 13.2 Å². The van der Waals surface area contributed by atoms with Crippen LogP contribution in [0.3, 0.4) is 0 Å². The van der Waals surface area contributed by atoms with Crippen LogP contribution >= 0.6 is 0 Å². The zero-order valence-electron chi connectivity index (χ0n) is 14.5. The lowest BCUT2D eigenvalue weighted by atomic mass is 10.1. The maximum atomic E-state index is 12.6. The average Bonchev–Trinajstić information content (AvgIpc) is 2.95. The molecule has 0 fully saturated rings. The Labute approximate surface area is 151 Å². The molecule has 3 aromatic rings. The highest BCUT2D eigenvalue weighted by Crippen LogP contribution is 2.33. The van der Waals surface area contributed by atoms with Crippen LogP contribution in [0, 0.1) is 0 Å². The van der Waals surface area contributed by atoms with Crippen LogP contribution in [-0.2, 0) is 20.8 Å². The predicted molar refractivity (Wildman–Crippen MR) is 99.5 cm³/mol. The van der Waals surface area contributed by atoms with Crippen molar-refractivity contribution in [1.82, 2.24) is 9.55 Å². The molecule has 3 heterocycles. The van der Waals surface area contributed by atoms with Gasteiger partial charge in [0.25, 0.3) is 15.7 Å². The molecule has 0 bridgehead atoms. The van der Waals surface area contributed by atoms with Crippen molar-refractivity contribution < 1.29 is 12.6 Å². The van der Waals surface area contributed by atoms with E-state index in [1.807, 2.05) is 43.3 Å². The van der Waals surface area contributed by atoms with E-state index in [-0.39, 0.29) is 5.56 Å². The quantitative estimate of drug-likeness (QED) is 0.516. The number of fused-ring (bicyclic) bond motifs is 4. The lowest BCUT2D eigenvalue weighted by Gasteiger charge is -2.16. The van der Waals surface area contributed by atoms with Gasteiger partial charge in [0.2, 0.25) is 0 Å². The van der Waals surface area contributed by atoms with Gasteiger partial charge in [0.15, 0.2) is 0 Å². The second-order valence-corrected chi connectivity index (χ2v) is 8.09. The first-order valence-electron chi connectivity index (χ1n) is 8.38. The lowest BCUT2D eigenvalue weighted by molar-refractivity contribution is 0.211. The van der Waals surface area contributed by atoms with E-state index >= 15 is 0 Å². The van der Waals surface area contributed by atoms with E-state index < -0.39 is 16.2 Å². The van der Waals surface area contributed by atoms with Crippen molar-refractivity contribution in [3.8, 4) is 11.4 Å². The van der Waals surface area contributed by atoms with Crippen molar-refractivity contribution in [3.63, 3.8) is 0 Å². The molecular weight excluding hydrogens is 352 g/mol. The molecule has 1 aromatic carbocycles. The summed E-state index contributed by atoms with van der Waals surface area (Å²) in [5, 5.41) is 1.03. The first-order valence-corrected chi connectivity index (χ1v) is 10.2. The Bertz CT molecular complexity index is 1180. The summed E-state index contributed by atoms with van der Waals surface area (Å²) in [6.45, 7) is 2.28. The molecule has 4 rings (SSSR count). The van der Waals surface area contributed by atoms with Gasteiger partial charge in [-0.1, -0.05) is 25.1 Å².